The Morgan fingerprint density at radius 3 is 2.17 bits per heavy atom. The van der Waals surface area contributed by atoms with E-state index in [2.05, 4.69) is 10.3 Å². The number of nitrogens with zero attached hydrogens (tertiary/aromatic N) is 3. The quantitative estimate of drug-likeness (QED) is 0.543. The molecule has 0 spiro atoms. The van der Waals surface area contributed by atoms with E-state index in [-0.39, 0.29) is 5.78 Å². The van der Waals surface area contributed by atoms with Crippen molar-refractivity contribution in [1.29, 1.82) is 0 Å². The van der Waals surface area contributed by atoms with Gasteiger partial charge in [0.05, 0.1) is 11.4 Å². The molecule has 0 aliphatic carbocycles. The number of Topliss-reactive ketones (excluding diaryl/α,β-unsaturated/α-hetero) is 1. The van der Waals surface area contributed by atoms with Crippen molar-refractivity contribution >= 4 is 17.6 Å². The van der Waals surface area contributed by atoms with E-state index in [1.165, 1.54) is 6.92 Å². The second-order valence-electron chi connectivity index (χ2n) is 5.30. The summed E-state index contributed by atoms with van der Waals surface area (Å²) in [5, 5.41) is 8.21. The van der Waals surface area contributed by atoms with Crippen LogP contribution in [-0.4, -0.2) is 20.8 Å². The predicted molar refractivity (Wildman–Crippen MR) is 90.9 cm³/mol. The summed E-state index contributed by atoms with van der Waals surface area (Å²) in [6.45, 7) is 3.36. The first-order valence-electron chi connectivity index (χ1n) is 7.42. The molecule has 0 fully saturated rings. The van der Waals surface area contributed by atoms with Gasteiger partial charge in [-0.25, -0.2) is 4.68 Å². The first kappa shape index (κ1) is 14.9. The molecule has 0 N–H and O–H groups in total. The number of hydrogen-bond donors (Lipinski definition) is 0. The van der Waals surface area contributed by atoms with Gasteiger partial charge in [0.25, 0.3) is 0 Å². The fourth-order valence-electron chi connectivity index (χ4n) is 2.47. The van der Waals surface area contributed by atoms with Crippen LogP contribution in [0.2, 0.25) is 0 Å². The van der Waals surface area contributed by atoms with Gasteiger partial charge in [0.1, 0.15) is 0 Å². The van der Waals surface area contributed by atoms with Crippen molar-refractivity contribution < 1.29 is 4.79 Å². The lowest BCUT2D eigenvalue weighted by Crippen LogP contribution is -2.04. The highest BCUT2D eigenvalue weighted by molar-refractivity contribution is 5.93. The second kappa shape index (κ2) is 6.40. The summed E-state index contributed by atoms with van der Waals surface area (Å²) in [5.74, 6) is -0.0825. The van der Waals surface area contributed by atoms with Crippen molar-refractivity contribution in [3.05, 3.63) is 83.2 Å². The molecular formula is C19H17N3O. The van der Waals surface area contributed by atoms with Gasteiger partial charge in [0, 0.05) is 12.5 Å². The van der Waals surface area contributed by atoms with E-state index in [9.17, 15) is 4.79 Å². The Morgan fingerprint density at radius 2 is 1.61 bits per heavy atom. The number of ketones is 1. The SMILES string of the molecule is CC(=O)c1nnn(/C(=C\c2ccccc2)c2ccccc2)c1C. The van der Waals surface area contributed by atoms with Crippen LogP contribution in [-0.2, 0) is 0 Å². The third-order valence-corrected chi connectivity index (χ3v) is 3.63. The molecule has 0 bridgehead atoms. The maximum absolute atomic E-state index is 11.7. The highest BCUT2D eigenvalue weighted by Crippen LogP contribution is 2.22. The van der Waals surface area contributed by atoms with Gasteiger partial charge in [0.15, 0.2) is 11.5 Å². The number of benzene rings is 2. The monoisotopic (exact) mass is 303 g/mol. The summed E-state index contributed by atoms with van der Waals surface area (Å²) in [6.07, 6.45) is 2.04. The summed E-state index contributed by atoms with van der Waals surface area (Å²) in [4.78, 5) is 11.7. The summed E-state index contributed by atoms with van der Waals surface area (Å²) < 4.78 is 1.72. The Bertz CT molecular complexity index is 849. The Balaban J connectivity index is 2.17. The first-order valence-corrected chi connectivity index (χ1v) is 7.42. The van der Waals surface area contributed by atoms with Crippen molar-refractivity contribution in [1.82, 2.24) is 15.0 Å². The molecule has 0 aliphatic heterocycles. The number of rotatable bonds is 4. The third-order valence-electron chi connectivity index (χ3n) is 3.63. The minimum absolute atomic E-state index is 0.0825. The third kappa shape index (κ3) is 3.11. The molecule has 0 atom stereocenters. The Hall–Kier alpha value is -3.01. The van der Waals surface area contributed by atoms with Gasteiger partial charge >= 0.3 is 0 Å². The summed E-state index contributed by atoms with van der Waals surface area (Å²) in [7, 11) is 0. The second-order valence-corrected chi connectivity index (χ2v) is 5.30. The standard InChI is InChI=1S/C19H17N3O/c1-14-19(15(2)23)20-21-22(14)18(17-11-7-4-8-12-17)13-16-9-5-3-6-10-16/h3-13H,1-2H3/b18-13-. The zero-order valence-electron chi connectivity index (χ0n) is 13.1. The molecule has 114 valence electrons. The van der Waals surface area contributed by atoms with Crippen LogP contribution in [0, 0.1) is 6.92 Å². The summed E-state index contributed by atoms with van der Waals surface area (Å²) in [6, 6.07) is 20.0. The van der Waals surface area contributed by atoms with Gasteiger partial charge in [-0.3, -0.25) is 4.79 Å². The van der Waals surface area contributed by atoms with Gasteiger partial charge in [-0.05, 0) is 18.6 Å². The van der Waals surface area contributed by atoms with Crippen LogP contribution >= 0.6 is 0 Å². The van der Waals surface area contributed by atoms with Crippen LogP contribution < -0.4 is 0 Å². The van der Waals surface area contributed by atoms with E-state index in [1.807, 2.05) is 73.7 Å². The highest BCUT2D eigenvalue weighted by Gasteiger charge is 2.16. The molecule has 1 aromatic heterocycles. The van der Waals surface area contributed by atoms with Crippen LogP contribution in [0.15, 0.2) is 60.7 Å². The maximum Gasteiger partial charge on any atom is 0.181 e. The van der Waals surface area contributed by atoms with Gasteiger partial charge in [0.2, 0.25) is 0 Å². The lowest BCUT2D eigenvalue weighted by atomic mass is 10.1. The van der Waals surface area contributed by atoms with E-state index >= 15 is 0 Å². The number of carbonyl (C=O) groups excluding carboxylic acids is 1. The Morgan fingerprint density at radius 1 is 1.00 bits per heavy atom. The van der Waals surface area contributed by atoms with Crippen LogP contribution in [0.25, 0.3) is 11.8 Å². The van der Waals surface area contributed by atoms with E-state index in [1.54, 1.807) is 4.68 Å². The fraction of sp³-hybridized carbons (Fsp3) is 0.105. The van der Waals surface area contributed by atoms with Crippen LogP contribution in [0.5, 0.6) is 0 Å². The van der Waals surface area contributed by atoms with Gasteiger partial charge < -0.3 is 0 Å². The molecule has 2 aromatic carbocycles. The van der Waals surface area contributed by atoms with Crippen molar-refractivity contribution in [3.8, 4) is 0 Å². The molecule has 0 amide bonds. The Kier molecular flexibility index (Phi) is 4.15. The van der Waals surface area contributed by atoms with Gasteiger partial charge in [-0.1, -0.05) is 65.9 Å². The molecule has 4 nitrogen and oxygen atoms in total. The molecule has 0 aliphatic rings. The van der Waals surface area contributed by atoms with Crippen molar-refractivity contribution in [2.45, 2.75) is 13.8 Å². The van der Waals surface area contributed by atoms with Crippen LogP contribution in [0.4, 0.5) is 0 Å². The average molecular weight is 303 g/mol. The molecule has 0 saturated carbocycles. The Labute approximate surface area is 135 Å². The van der Waals surface area contributed by atoms with Gasteiger partial charge in [-0.15, -0.1) is 5.10 Å². The van der Waals surface area contributed by atoms with Crippen LogP contribution in [0.1, 0.15) is 34.2 Å². The first-order chi connectivity index (χ1) is 11.2. The van der Waals surface area contributed by atoms with Gasteiger partial charge in [-0.2, -0.15) is 0 Å². The fourth-order valence-corrected chi connectivity index (χ4v) is 2.47. The largest absolute Gasteiger partial charge is 0.293 e. The topological polar surface area (TPSA) is 47.8 Å². The number of carbonyl (C=O) groups is 1. The number of hydrogen-bond acceptors (Lipinski definition) is 3. The van der Waals surface area contributed by atoms with Crippen molar-refractivity contribution in [2.75, 3.05) is 0 Å². The molecule has 23 heavy (non-hydrogen) atoms. The van der Waals surface area contributed by atoms with Crippen molar-refractivity contribution in [2.24, 2.45) is 0 Å². The lowest BCUT2D eigenvalue weighted by molar-refractivity contribution is 0.101. The molecule has 4 heteroatoms. The maximum atomic E-state index is 11.7. The highest BCUT2D eigenvalue weighted by atomic mass is 16.1. The molecule has 1 heterocycles. The molecule has 0 unspecified atom stereocenters. The normalized spacial score (nSPS) is 11.5. The van der Waals surface area contributed by atoms with E-state index in [4.69, 9.17) is 0 Å². The smallest absolute Gasteiger partial charge is 0.181 e. The van der Waals surface area contributed by atoms with Crippen LogP contribution in [0.3, 0.4) is 0 Å². The minimum Gasteiger partial charge on any atom is -0.293 e. The minimum atomic E-state index is -0.0825. The summed E-state index contributed by atoms with van der Waals surface area (Å²) in [5.41, 5.74) is 4.10. The van der Waals surface area contributed by atoms with E-state index in [0.717, 1.165) is 22.5 Å². The zero-order valence-corrected chi connectivity index (χ0v) is 13.1. The number of aromatic nitrogens is 3. The van der Waals surface area contributed by atoms with E-state index < -0.39 is 0 Å². The molecule has 3 aromatic rings. The molecule has 3 rings (SSSR count). The average Bonchev–Trinajstić information content (AvgIpc) is 2.96. The molecular weight excluding hydrogens is 286 g/mol. The molecule has 0 radical (unpaired) electrons. The molecule has 0 saturated heterocycles. The lowest BCUT2D eigenvalue weighted by Gasteiger charge is -2.10. The summed E-state index contributed by atoms with van der Waals surface area (Å²) >= 11 is 0. The van der Waals surface area contributed by atoms with E-state index in [0.29, 0.717) is 5.69 Å². The predicted octanol–water partition coefficient (Wildman–Crippen LogP) is 3.84. The van der Waals surface area contributed by atoms with Crippen molar-refractivity contribution in [3.63, 3.8) is 0 Å². The zero-order chi connectivity index (χ0) is 16.2.